The van der Waals surface area contributed by atoms with Crippen molar-refractivity contribution in [1.82, 2.24) is 0 Å². The van der Waals surface area contributed by atoms with E-state index in [0.29, 0.717) is 6.42 Å². The molecule has 0 saturated carbocycles. The van der Waals surface area contributed by atoms with Gasteiger partial charge in [-0.2, -0.15) is 0 Å². The Morgan fingerprint density at radius 2 is 1.47 bits per heavy atom. The Kier molecular flexibility index (Phi) is 4.45. The maximum Gasteiger partial charge on any atom is 0.119 e. The van der Waals surface area contributed by atoms with Crippen LogP contribution in [0.3, 0.4) is 0 Å². The van der Waals surface area contributed by atoms with Gasteiger partial charge in [-0.25, -0.2) is 0 Å². The van der Waals surface area contributed by atoms with E-state index < -0.39 is 0 Å². The summed E-state index contributed by atoms with van der Waals surface area (Å²) in [5, 5.41) is 20.1. The van der Waals surface area contributed by atoms with Crippen LogP contribution in [0.15, 0.2) is 42.5 Å². The molecule has 0 aliphatic carbocycles. The van der Waals surface area contributed by atoms with Gasteiger partial charge in [0.25, 0.3) is 0 Å². The highest BCUT2D eigenvalue weighted by atomic mass is 16.3. The van der Waals surface area contributed by atoms with E-state index in [4.69, 9.17) is 0 Å². The molecule has 2 heteroatoms. The van der Waals surface area contributed by atoms with E-state index in [9.17, 15) is 10.2 Å². The number of rotatable bonds is 5. The summed E-state index contributed by atoms with van der Waals surface area (Å²) in [5.41, 5.74) is 2.87. The fourth-order valence-corrected chi connectivity index (χ4v) is 2.30. The minimum absolute atomic E-state index is 0.271. The summed E-state index contributed by atoms with van der Waals surface area (Å²) in [5.74, 6) is 0.560. The first-order chi connectivity index (χ1) is 9.22. The number of phenolic OH excluding ortho intramolecular Hbond substituents is 2. The molecular formula is C17H20O2. The largest absolute Gasteiger partial charge is 0.508 e. The third kappa shape index (κ3) is 3.28. The molecule has 0 heterocycles. The van der Waals surface area contributed by atoms with Crippen molar-refractivity contribution < 1.29 is 10.2 Å². The van der Waals surface area contributed by atoms with E-state index in [2.05, 4.69) is 6.92 Å². The molecule has 2 rings (SSSR count). The van der Waals surface area contributed by atoms with Crippen LogP contribution in [-0.2, 0) is 12.8 Å². The lowest BCUT2D eigenvalue weighted by atomic mass is 9.95. The Hall–Kier alpha value is -1.96. The van der Waals surface area contributed by atoms with Crippen LogP contribution < -0.4 is 0 Å². The summed E-state index contributed by atoms with van der Waals surface area (Å²) >= 11 is 0. The molecule has 0 aromatic heterocycles. The zero-order chi connectivity index (χ0) is 13.7. The second-order valence-corrected chi connectivity index (χ2v) is 4.83. The van der Waals surface area contributed by atoms with Crippen molar-refractivity contribution >= 4 is 0 Å². The minimum Gasteiger partial charge on any atom is -0.508 e. The molecule has 0 fully saturated rings. The van der Waals surface area contributed by atoms with Gasteiger partial charge in [-0.05, 0) is 30.5 Å². The van der Waals surface area contributed by atoms with Gasteiger partial charge in [0, 0.05) is 17.5 Å². The lowest BCUT2D eigenvalue weighted by molar-refractivity contribution is 0.448. The zero-order valence-electron chi connectivity index (χ0n) is 11.3. The molecule has 0 amide bonds. The first kappa shape index (κ1) is 13.5. The van der Waals surface area contributed by atoms with E-state index in [-0.39, 0.29) is 11.5 Å². The summed E-state index contributed by atoms with van der Waals surface area (Å²) in [4.78, 5) is 0. The van der Waals surface area contributed by atoms with Crippen molar-refractivity contribution in [3.8, 4) is 11.5 Å². The number of hydrogen-bond acceptors (Lipinski definition) is 2. The summed E-state index contributed by atoms with van der Waals surface area (Å²) in [6.07, 6.45) is 3.54. The predicted molar refractivity (Wildman–Crippen MR) is 77.6 cm³/mol. The third-order valence-corrected chi connectivity index (χ3v) is 3.39. The molecule has 2 aromatic carbocycles. The van der Waals surface area contributed by atoms with Crippen LogP contribution in [0, 0.1) is 0 Å². The second kappa shape index (κ2) is 6.28. The maximum absolute atomic E-state index is 10.1. The molecule has 0 aliphatic heterocycles. The molecule has 0 bridgehead atoms. The maximum atomic E-state index is 10.1. The van der Waals surface area contributed by atoms with Crippen LogP contribution in [0.4, 0.5) is 0 Å². The standard InChI is InChI=1S/C17H20O2/c1-2-3-9-14-15(17(19)11-10-16(14)18)12-13-7-5-4-6-8-13/h4-8,10-11,18-19H,2-3,9,12H2,1H3. The number of phenols is 2. The first-order valence-corrected chi connectivity index (χ1v) is 6.79. The van der Waals surface area contributed by atoms with Crippen LogP contribution in [0.25, 0.3) is 0 Å². The van der Waals surface area contributed by atoms with Crippen LogP contribution in [0.1, 0.15) is 36.5 Å². The smallest absolute Gasteiger partial charge is 0.119 e. The van der Waals surface area contributed by atoms with Crippen LogP contribution in [0.5, 0.6) is 11.5 Å². The SMILES string of the molecule is CCCCc1c(O)ccc(O)c1Cc1ccccc1. The summed E-state index contributed by atoms with van der Waals surface area (Å²) in [7, 11) is 0. The predicted octanol–water partition coefficient (Wildman–Crippen LogP) is 4.03. The molecule has 2 nitrogen and oxygen atoms in total. The fourth-order valence-electron chi connectivity index (χ4n) is 2.30. The molecule has 19 heavy (non-hydrogen) atoms. The average molecular weight is 256 g/mol. The van der Waals surface area contributed by atoms with Crippen molar-refractivity contribution in [3.05, 3.63) is 59.2 Å². The van der Waals surface area contributed by atoms with Crippen molar-refractivity contribution in [3.63, 3.8) is 0 Å². The van der Waals surface area contributed by atoms with Crippen molar-refractivity contribution in [2.45, 2.75) is 32.6 Å². The van der Waals surface area contributed by atoms with Gasteiger partial charge < -0.3 is 10.2 Å². The average Bonchev–Trinajstić information content (AvgIpc) is 2.43. The highest BCUT2D eigenvalue weighted by molar-refractivity contribution is 5.49. The third-order valence-electron chi connectivity index (χ3n) is 3.39. The van der Waals surface area contributed by atoms with Crippen LogP contribution >= 0.6 is 0 Å². The lowest BCUT2D eigenvalue weighted by Crippen LogP contribution is -1.97. The van der Waals surface area contributed by atoms with Gasteiger partial charge in [-0.3, -0.25) is 0 Å². The topological polar surface area (TPSA) is 40.5 Å². The summed E-state index contributed by atoms with van der Waals surface area (Å²) < 4.78 is 0. The monoisotopic (exact) mass is 256 g/mol. The Morgan fingerprint density at radius 3 is 2.11 bits per heavy atom. The quantitative estimate of drug-likeness (QED) is 0.793. The number of hydrogen-bond donors (Lipinski definition) is 2. The molecule has 100 valence electrons. The molecular weight excluding hydrogens is 236 g/mol. The van der Waals surface area contributed by atoms with E-state index in [1.165, 1.54) is 0 Å². The Bertz CT molecular complexity index is 532. The van der Waals surface area contributed by atoms with E-state index in [0.717, 1.165) is 36.0 Å². The Balaban J connectivity index is 2.34. The van der Waals surface area contributed by atoms with E-state index in [1.54, 1.807) is 12.1 Å². The van der Waals surface area contributed by atoms with Gasteiger partial charge in [0.05, 0.1) is 0 Å². The van der Waals surface area contributed by atoms with Crippen molar-refractivity contribution in [2.75, 3.05) is 0 Å². The lowest BCUT2D eigenvalue weighted by Gasteiger charge is -2.13. The second-order valence-electron chi connectivity index (χ2n) is 4.83. The van der Waals surface area contributed by atoms with Gasteiger partial charge in [-0.15, -0.1) is 0 Å². The Labute approximate surface area is 114 Å². The molecule has 0 saturated heterocycles. The van der Waals surface area contributed by atoms with Gasteiger partial charge in [0.2, 0.25) is 0 Å². The summed E-state index contributed by atoms with van der Waals surface area (Å²) in [6.45, 7) is 2.12. The molecule has 2 aromatic rings. The number of unbranched alkanes of at least 4 members (excludes halogenated alkanes) is 1. The van der Waals surface area contributed by atoms with Crippen LogP contribution in [0.2, 0.25) is 0 Å². The highest BCUT2D eigenvalue weighted by Crippen LogP contribution is 2.32. The van der Waals surface area contributed by atoms with Gasteiger partial charge in [0.1, 0.15) is 11.5 Å². The fraction of sp³-hybridized carbons (Fsp3) is 0.294. The first-order valence-electron chi connectivity index (χ1n) is 6.79. The molecule has 0 radical (unpaired) electrons. The molecule has 0 aliphatic rings. The summed E-state index contributed by atoms with van der Waals surface area (Å²) in [6, 6.07) is 13.2. The zero-order valence-corrected chi connectivity index (χ0v) is 11.3. The Morgan fingerprint density at radius 1 is 0.842 bits per heavy atom. The van der Waals surface area contributed by atoms with Crippen molar-refractivity contribution in [2.24, 2.45) is 0 Å². The molecule has 0 spiro atoms. The van der Waals surface area contributed by atoms with Gasteiger partial charge >= 0.3 is 0 Å². The van der Waals surface area contributed by atoms with Crippen LogP contribution in [-0.4, -0.2) is 10.2 Å². The highest BCUT2D eigenvalue weighted by Gasteiger charge is 2.12. The number of benzene rings is 2. The van der Waals surface area contributed by atoms with Crippen molar-refractivity contribution in [1.29, 1.82) is 0 Å². The molecule has 0 atom stereocenters. The van der Waals surface area contributed by atoms with E-state index in [1.807, 2.05) is 30.3 Å². The van der Waals surface area contributed by atoms with Gasteiger partial charge in [-0.1, -0.05) is 43.7 Å². The van der Waals surface area contributed by atoms with E-state index >= 15 is 0 Å². The van der Waals surface area contributed by atoms with Gasteiger partial charge in [0.15, 0.2) is 0 Å². The molecule has 2 N–H and O–H groups in total. The normalized spacial score (nSPS) is 10.6. The molecule has 0 unspecified atom stereocenters. The number of aromatic hydroxyl groups is 2. The minimum atomic E-state index is 0.271.